The van der Waals surface area contributed by atoms with Gasteiger partial charge in [0.05, 0.1) is 24.4 Å². The van der Waals surface area contributed by atoms with Crippen LogP contribution in [-0.2, 0) is 19.1 Å². The van der Waals surface area contributed by atoms with Crippen LogP contribution >= 0.6 is 25.3 Å². The molecular formula is C8H12O4S2. The topological polar surface area (TPSA) is 52.6 Å². The summed E-state index contributed by atoms with van der Waals surface area (Å²) in [4.78, 5) is 21.1. The molecule has 0 rings (SSSR count). The van der Waals surface area contributed by atoms with E-state index in [1.807, 2.05) is 0 Å². The van der Waals surface area contributed by atoms with E-state index >= 15 is 0 Å². The molecule has 0 heterocycles. The van der Waals surface area contributed by atoms with Crippen LogP contribution in [0, 0.1) is 0 Å². The molecule has 14 heavy (non-hydrogen) atoms. The normalized spacial score (nSPS) is 10.1. The highest BCUT2D eigenvalue weighted by Gasteiger charge is 1.96. The van der Waals surface area contributed by atoms with Crippen LogP contribution in [0.4, 0.5) is 0 Å². The minimum atomic E-state index is -0.420. The Labute approximate surface area is 93.5 Å². The van der Waals surface area contributed by atoms with Crippen molar-refractivity contribution in [1.29, 1.82) is 0 Å². The Morgan fingerprint density at radius 1 is 1.14 bits per heavy atom. The highest BCUT2D eigenvalue weighted by Crippen LogP contribution is 1.90. The van der Waals surface area contributed by atoms with E-state index in [4.69, 9.17) is 4.74 Å². The number of carbonyl (C=O) groups excluding carboxylic acids is 2. The Kier molecular flexibility index (Phi) is 8.56. The second-order valence-corrected chi connectivity index (χ2v) is 2.82. The van der Waals surface area contributed by atoms with Gasteiger partial charge in [-0.3, -0.25) is 9.59 Å². The predicted octanol–water partition coefficient (Wildman–Crippen LogP) is 0.836. The molecule has 0 aromatic carbocycles. The van der Waals surface area contributed by atoms with E-state index in [1.165, 1.54) is 6.26 Å². The van der Waals surface area contributed by atoms with Gasteiger partial charge in [0.2, 0.25) is 0 Å². The fraction of sp³-hybridized carbons (Fsp3) is 0.500. The molecule has 0 saturated carbocycles. The predicted molar refractivity (Wildman–Crippen MR) is 58.5 cm³/mol. The van der Waals surface area contributed by atoms with Crippen LogP contribution in [0.1, 0.15) is 6.42 Å². The summed E-state index contributed by atoms with van der Waals surface area (Å²) in [6.07, 6.45) is 3.35. The van der Waals surface area contributed by atoms with Gasteiger partial charge in [0.15, 0.2) is 0 Å². The monoisotopic (exact) mass is 236 g/mol. The molecule has 0 aliphatic rings. The number of ether oxygens (including phenoxy) is 2. The van der Waals surface area contributed by atoms with Crippen LogP contribution in [0.25, 0.3) is 0 Å². The van der Waals surface area contributed by atoms with Crippen molar-refractivity contribution < 1.29 is 19.1 Å². The molecule has 0 fully saturated rings. The molecule has 0 aliphatic heterocycles. The lowest BCUT2D eigenvalue weighted by atomic mass is 10.4. The summed E-state index contributed by atoms with van der Waals surface area (Å²) < 4.78 is 9.28. The number of carbonyl (C=O) groups is 2. The second kappa shape index (κ2) is 8.96. The molecule has 0 spiro atoms. The number of thiol groups is 2. The zero-order valence-corrected chi connectivity index (χ0v) is 9.30. The molecule has 80 valence electrons. The van der Waals surface area contributed by atoms with Crippen molar-refractivity contribution in [3.63, 3.8) is 0 Å². The zero-order valence-electron chi connectivity index (χ0n) is 7.51. The summed E-state index contributed by atoms with van der Waals surface area (Å²) in [7, 11) is 0. The maximum atomic E-state index is 10.6. The summed E-state index contributed by atoms with van der Waals surface area (Å²) in [5.41, 5.74) is 0. The fourth-order valence-electron chi connectivity index (χ4n) is 0.516. The third-order valence-electron chi connectivity index (χ3n) is 1.10. The van der Waals surface area contributed by atoms with Crippen molar-refractivity contribution in [2.45, 2.75) is 6.42 Å². The Hall–Kier alpha value is -0.620. The smallest absolute Gasteiger partial charge is 0.320 e. The van der Waals surface area contributed by atoms with Gasteiger partial charge in [-0.15, -0.1) is 0 Å². The Balaban J connectivity index is 3.36. The lowest BCUT2D eigenvalue weighted by Gasteiger charge is -1.98. The quantitative estimate of drug-likeness (QED) is 0.310. The van der Waals surface area contributed by atoms with Gasteiger partial charge in [0, 0.05) is 6.42 Å². The van der Waals surface area contributed by atoms with Crippen LogP contribution in [0.15, 0.2) is 12.3 Å². The molecule has 4 nitrogen and oxygen atoms in total. The first-order valence-corrected chi connectivity index (χ1v) is 5.19. The van der Waals surface area contributed by atoms with Gasteiger partial charge in [-0.05, 0) is 6.08 Å². The first-order chi connectivity index (χ1) is 6.70. The Morgan fingerprint density at radius 2 is 1.79 bits per heavy atom. The van der Waals surface area contributed by atoms with E-state index in [0.29, 0.717) is 6.42 Å². The van der Waals surface area contributed by atoms with E-state index in [-0.39, 0.29) is 24.1 Å². The molecule has 0 amide bonds. The summed E-state index contributed by atoms with van der Waals surface area (Å²) in [5, 5.41) is 0. The molecule has 0 radical (unpaired) electrons. The van der Waals surface area contributed by atoms with Gasteiger partial charge in [0.25, 0.3) is 0 Å². The fourth-order valence-corrected chi connectivity index (χ4v) is 0.682. The molecule has 0 N–H and O–H groups in total. The van der Waals surface area contributed by atoms with Crippen LogP contribution in [0.5, 0.6) is 0 Å². The van der Waals surface area contributed by atoms with Gasteiger partial charge in [-0.25, -0.2) is 0 Å². The van der Waals surface area contributed by atoms with Crippen LogP contribution in [0.3, 0.4) is 0 Å². The number of hydrogen-bond donors (Lipinski definition) is 2. The first-order valence-electron chi connectivity index (χ1n) is 3.92. The summed E-state index contributed by atoms with van der Waals surface area (Å²) in [6, 6.07) is 0. The summed E-state index contributed by atoms with van der Waals surface area (Å²) >= 11 is 7.44. The average Bonchev–Trinajstić information content (AvgIpc) is 2.22. The number of rotatable bonds is 6. The van der Waals surface area contributed by atoms with Crippen LogP contribution in [0.2, 0.25) is 0 Å². The van der Waals surface area contributed by atoms with Crippen LogP contribution < -0.4 is 0 Å². The Bertz CT molecular complexity index is 215. The molecule has 0 saturated heterocycles. The molecule has 0 atom stereocenters. The van der Waals surface area contributed by atoms with Crippen molar-refractivity contribution in [3.8, 4) is 0 Å². The molecular weight excluding hydrogens is 224 g/mol. The van der Waals surface area contributed by atoms with Crippen molar-refractivity contribution >= 4 is 37.2 Å². The van der Waals surface area contributed by atoms with Crippen LogP contribution in [-0.4, -0.2) is 30.1 Å². The third-order valence-corrected chi connectivity index (χ3v) is 1.62. The number of esters is 2. The van der Waals surface area contributed by atoms with Crippen molar-refractivity contribution in [3.05, 3.63) is 12.3 Å². The summed E-state index contributed by atoms with van der Waals surface area (Å²) in [5.74, 6) is -0.678. The van der Waals surface area contributed by atoms with Crippen molar-refractivity contribution in [2.75, 3.05) is 18.1 Å². The van der Waals surface area contributed by atoms with Gasteiger partial charge >= 0.3 is 11.9 Å². The van der Waals surface area contributed by atoms with Crippen molar-refractivity contribution in [2.24, 2.45) is 0 Å². The molecule has 0 aromatic heterocycles. The SMILES string of the molecule is O=C(CS)OC=CCCOC(=O)CS. The largest absolute Gasteiger partial charge is 0.465 e. The minimum absolute atomic E-state index is 0.0407. The van der Waals surface area contributed by atoms with E-state index in [1.54, 1.807) is 6.08 Å². The standard InChI is InChI=1S/C8H12O4S2/c9-7(5-13)11-3-1-2-4-12-8(10)6-14/h1,3,13-14H,2,4-6H2. The first kappa shape index (κ1) is 13.4. The van der Waals surface area contributed by atoms with Gasteiger partial charge < -0.3 is 9.47 Å². The minimum Gasteiger partial charge on any atom is -0.465 e. The van der Waals surface area contributed by atoms with E-state index in [2.05, 4.69) is 30.0 Å². The maximum Gasteiger partial charge on any atom is 0.320 e. The highest BCUT2D eigenvalue weighted by atomic mass is 32.1. The van der Waals surface area contributed by atoms with E-state index in [9.17, 15) is 9.59 Å². The lowest BCUT2D eigenvalue weighted by molar-refractivity contribution is -0.140. The average molecular weight is 236 g/mol. The Morgan fingerprint density at radius 3 is 2.36 bits per heavy atom. The lowest BCUT2D eigenvalue weighted by Crippen LogP contribution is -2.06. The van der Waals surface area contributed by atoms with Gasteiger partial charge in [0.1, 0.15) is 0 Å². The molecule has 6 heteroatoms. The van der Waals surface area contributed by atoms with Gasteiger partial charge in [-0.2, -0.15) is 25.3 Å². The van der Waals surface area contributed by atoms with E-state index < -0.39 is 5.97 Å². The highest BCUT2D eigenvalue weighted by molar-refractivity contribution is 7.81. The zero-order chi connectivity index (χ0) is 10.8. The summed E-state index contributed by atoms with van der Waals surface area (Å²) in [6.45, 7) is 0.258. The van der Waals surface area contributed by atoms with Crippen molar-refractivity contribution in [1.82, 2.24) is 0 Å². The molecule has 0 bridgehead atoms. The molecule has 0 aliphatic carbocycles. The molecule has 0 aromatic rings. The maximum absolute atomic E-state index is 10.6. The number of hydrogen-bond acceptors (Lipinski definition) is 6. The molecule has 0 unspecified atom stereocenters. The second-order valence-electron chi connectivity index (χ2n) is 2.19. The van der Waals surface area contributed by atoms with E-state index in [0.717, 1.165) is 0 Å². The van der Waals surface area contributed by atoms with Gasteiger partial charge in [-0.1, -0.05) is 0 Å². The third kappa shape index (κ3) is 8.00.